The summed E-state index contributed by atoms with van der Waals surface area (Å²) in [6, 6.07) is 36.8. The maximum Gasteiger partial charge on any atom is 0.152 e. The minimum Gasteiger partial charge on any atom is -0.453 e. The van der Waals surface area contributed by atoms with Crippen molar-refractivity contribution in [2.45, 2.75) is 0 Å². The van der Waals surface area contributed by atoms with Gasteiger partial charge in [-0.2, -0.15) is 0 Å². The summed E-state index contributed by atoms with van der Waals surface area (Å²) in [5.74, 6) is 1.81. The smallest absolute Gasteiger partial charge is 0.152 e. The summed E-state index contributed by atoms with van der Waals surface area (Å²) in [6.45, 7) is 0. The van der Waals surface area contributed by atoms with Gasteiger partial charge in [0, 0.05) is 30.9 Å². The van der Waals surface area contributed by atoms with E-state index in [1.807, 2.05) is 17.4 Å². The van der Waals surface area contributed by atoms with E-state index in [2.05, 4.69) is 102 Å². The molecule has 3 heterocycles. The van der Waals surface area contributed by atoms with Crippen molar-refractivity contribution < 1.29 is 4.74 Å². The molecule has 0 atom stereocenters. The Morgan fingerprint density at radius 3 is 2.36 bits per heavy atom. The van der Waals surface area contributed by atoms with Gasteiger partial charge in [0.1, 0.15) is 0 Å². The summed E-state index contributed by atoms with van der Waals surface area (Å²) >= 11 is 1.87. The second-order valence-electron chi connectivity index (χ2n) is 8.57. The summed E-state index contributed by atoms with van der Waals surface area (Å²) in [7, 11) is 0. The van der Waals surface area contributed by atoms with Crippen LogP contribution in [-0.2, 0) is 0 Å². The molecule has 0 aliphatic carbocycles. The van der Waals surface area contributed by atoms with Crippen LogP contribution in [0.4, 0.5) is 0 Å². The molecular weight excluding hydrogens is 422 g/mol. The van der Waals surface area contributed by atoms with Crippen LogP contribution in [0.1, 0.15) is 0 Å². The first-order valence-corrected chi connectivity index (χ1v) is 11.9. The van der Waals surface area contributed by atoms with E-state index in [9.17, 15) is 0 Å². The van der Waals surface area contributed by atoms with E-state index >= 15 is 0 Å². The Bertz CT molecular complexity index is 1910. The van der Waals surface area contributed by atoms with Crippen LogP contribution in [-0.4, -0.2) is 4.57 Å². The van der Waals surface area contributed by atoms with E-state index in [4.69, 9.17) is 4.74 Å². The Balaban J connectivity index is 1.51. The topological polar surface area (TPSA) is 14.2 Å². The van der Waals surface area contributed by atoms with E-state index in [-0.39, 0.29) is 0 Å². The van der Waals surface area contributed by atoms with Gasteiger partial charge in [-0.15, -0.1) is 11.3 Å². The number of rotatable bonds is 1. The fraction of sp³-hybridized carbons (Fsp3) is 0. The number of hydrogen-bond acceptors (Lipinski definition) is 2. The third-order valence-electron chi connectivity index (χ3n) is 6.78. The van der Waals surface area contributed by atoms with E-state index in [1.54, 1.807) is 0 Å². The first kappa shape index (κ1) is 17.5. The number of benzene rings is 5. The summed E-state index contributed by atoms with van der Waals surface area (Å²) in [5, 5.41) is 5.12. The van der Waals surface area contributed by atoms with Gasteiger partial charge < -0.3 is 9.30 Å². The van der Waals surface area contributed by atoms with Crippen LogP contribution in [0, 0.1) is 0 Å². The highest BCUT2D eigenvalue weighted by molar-refractivity contribution is 7.26. The van der Waals surface area contributed by atoms with Crippen molar-refractivity contribution in [2.75, 3.05) is 0 Å². The maximum atomic E-state index is 6.49. The van der Waals surface area contributed by atoms with E-state index in [0.29, 0.717) is 0 Å². The molecule has 0 bridgehead atoms. The minimum atomic E-state index is 0.893. The van der Waals surface area contributed by atoms with Gasteiger partial charge in [0.2, 0.25) is 0 Å². The number of aromatic nitrogens is 1. The van der Waals surface area contributed by atoms with Gasteiger partial charge in [-0.25, -0.2) is 0 Å². The molecular formula is C30H17NOS. The Morgan fingerprint density at radius 1 is 0.606 bits per heavy atom. The standard InChI is InChI=1S/C30H17NOS/c1-3-12-24-20(8-1)23-16-18(17-27-29(23)31(24)25-13-4-5-14-26(25)32-27)19-10-7-11-22-21-9-2-6-15-28(21)33-30(19)22/h1-17H. The Hall–Kier alpha value is -4.08. The zero-order valence-electron chi connectivity index (χ0n) is 17.6. The van der Waals surface area contributed by atoms with Crippen molar-refractivity contribution in [1.29, 1.82) is 0 Å². The van der Waals surface area contributed by atoms with Gasteiger partial charge in [0.15, 0.2) is 11.5 Å². The number of para-hydroxylation sites is 3. The molecule has 0 amide bonds. The lowest BCUT2D eigenvalue weighted by atomic mass is 10.00. The van der Waals surface area contributed by atoms with Crippen LogP contribution in [0.3, 0.4) is 0 Å². The van der Waals surface area contributed by atoms with Crippen molar-refractivity contribution in [3.8, 4) is 28.3 Å². The Kier molecular flexibility index (Phi) is 3.31. The van der Waals surface area contributed by atoms with Crippen molar-refractivity contribution in [3.05, 3.63) is 103 Å². The van der Waals surface area contributed by atoms with Crippen molar-refractivity contribution in [1.82, 2.24) is 4.57 Å². The monoisotopic (exact) mass is 439 g/mol. The van der Waals surface area contributed by atoms with Crippen LogP contribution in [0.25, 0.3) is 58.8 Å². The molecule has 0 fully saturated rings. The van der Waals surface area contributed by atoms with Crippen molar-refractivity contribution in [2.24, 2.45) is 0 Å². The maximum absolute atomic E-state index is 6.49. The predicted octanol–water partition coefficient (Wildman–Crippen LogP) is 8.92. The fourth-order valence-corrected chi connectivity index (χ4v) is 6.60. The van der Waals surface area contributed by atoms with Gasteiger partial charge in [-0.05, 0) is 47.5 Å². The first-order chi connectivity index (χ1) is 16.4. The number of hydrogen-bond donors (Lipinski definition) is 0. The fourth-order valence-electron chi connectivity index (χ4n) is 5.37. The van der Waals surface area contributed by atoms with E-state index < -0.39 is 0 Å². The molecule has 0 radical (unpaired) electrons. The van der Waals surface area contributed by atoms with Crippen LogP contribution < -0.4 is 4.74 Å². The number of thiophene rings is 1. The molecule has 1 aliphatic rings. The van der Waals surface area contributed by atoms with Gasteiger partial charge >= 0.3 is 0 Å². The van der Waals surface area contributed by atoms with Crippen molar-refractivity contribution >= 4 is 53.3 Å². The zero-order chi connectivity index (χ0) is 21.5. The quantitative estimate of drug-likeness (QED) is 0.249. The third kappa shape index (κ3) is 2.27. The highest BCUT2D eigenvalue weighted by Crippen LogP contribution is 2.48. The average molecular weight is 440 g/mol. The molecule has 1 aliphatic heterocycles. The van der Waals surface area contributed by atoms with Gasteiger partial charge in [-0.1, -0.05) is 66.7 Å². The van der Waals surface area contributed by atoms with Crippen LogP contribution >= 0.6 is 11.3 Å². The summed E-state index contributed by atoms with van der Waals surface area (Å²) in [6.07, 6.45) is 0. The summed E-state index contributed by atoms with van der Waals surface area (Å²) < 4.78 is 11.5. The molecule has 2 aromatic heterocycles. The van der Waals surface area contributed by atoms with Gasteiger partial charge in [0.05, 0.1) is 16.7 Å². The van der Waals surface area contributed by atoms with E-state index in [1.165, 1.54) is 47.6 Å². The Morgan fingerprint density at radius 2 is 1.39 bits per heavy atom. The lowest BCUT2D eigenvalue weighted by Crippen LogP contribution is -2.03. The van der Waals surface area contributed by atoms with Gasteiger partial charge in [-0.3, -0.25) is 0 Å². The Labute approximate surface area is 193 Å². The highest BCUT2D eigenvalue weighted by atomic mass is 32.1. The molecule has 3 heteroatoms. The first-order valence-electron chi connectivity index (χ1n) is 11.1. The molecule has 154 valence electrons. The molecule has 0 saturated heterocycles. The molecule has 33 heavy (non-hydrogen) atoms. The lowest BCUT2D eigenvalue weighted by Gasteiger charge is -2.21. The van der Waals surface area contributed by atoms with Gasteiger partial charge in [0.25, 0.3) is 0 Å². The minimum absolute atomic E-state index is 0.893. The van der Waals surface area contributed by atoms with Crippen LogP contribution in [0.2, 0.25) is 0 Å². The molecule has 5 aromatic carbocycles. The lowest BCUT2D eigenvalue weighted by molar-refractivity contribution is 0.476. The zero-order valence-corrected chi connectivity index (χ0v) is 18.4. The molecule has 2 nitrogen and oxygen atoms in total. The van der Waals surface area contributed by atoms with Crippen molar-refractivity contribution in [3.63, 3.8) is 0 Å². The molecule has 0 unspecified atom stereocenters. The third-order valence-corrected chi connectivity index (χ3v) is 7.99. The largest absolute Gasteiger partial charge is 0.453 e. The molecule has 0 N–H and O–H groups in total. The molecule has 0 spiro atoms. The normalized spacial score (nSPS) is 12.5. The highest BCUT2D eigenvalue weighted by Gasteiger charge is 2.24. The summed E-state index contributed by atoms with van der Waals surface area (Å²) in [5.41, 5.74) is 5.89. The predicted molar refractivity (Wildman–Crippen MR) is 139 cm³/mol. The SMILES string of the molecule is c1ccc2c(c1)Oc1cc(-c3cccc4c3sc3ccccc34)cc3c4ccccc4n-2c13. The average Bonchev–Trinajstić information content (AvgIpc) is 3.41. The second-order valence-corrected chi connectivity index (χ2v) is 9.63. The molecule has 7 aromatic rings. The number of nitrogens with zero attached hydrogens (tertiary/aromatic N) is 1. The molecule has 8 rings (SSSR count). The van der Waals surface area contributed by atoms with E-state index in [0.717, 1.165) is 22.7 Å². The van der Waals surface area contributed by atoms with Crippen LogP contribution in [0.15, 0.2) is 103 Å². The second kappa shape index (κ2) is 6.25. The summed E-state index contributed by atoms with van der Waals surface area (Å²) in [4.78, 5) is 0. The number of ether oxygens (including phenoxy) is 1. The molecule has 0 saturated carbocycles. The van der Waals surface area contributed by atoms with Crippen LogP contribution in [0.5, 0.6) is 11.5 Å². The number of fused-ring (bicyclic) bond motifs is 8.